The third-order valence-electron chi connectivity index (χ3n) is 2.95. The molecule has 0 heterocycles. The normalized spacial score (nSPS) is 11.0. The molecule has 0 radical (unpaired) electrons. The summed E-state index contributed by atoms with van der Waals surface area (Å²) >= 11 is 0. The van der Waals surface area contributed by atoms with Gasteiger partial charge >= 0.3 is 5.97 Å². The van der Waals surface area contributed by atoms with Gasteiger partial charge in [-0.2, -0.15) is 0 Å². The molecule has 0 unspecified atom stereocenters. The number of rotatable bonds is 6. The Morgan fingerprint density at radius 3 is 2.55 bits per heavy atom. The Bertz CT molecular complexity index is 509. The van der Waals surface area contributed by atoms with E-state index in [0.717, 1.165) is 16.9 Å². The Morgan fingerprint density at radius 1 is 1.30 bits per heavy atom. The zero-order chi connectivity index (χ0) is 15.3. The van der Waals surface area contributed by atoms with Crippen LogP contribution in [0.1, 0.15) is 25.0 Å². The van der Waals surface area contributed by atoms with Gasteiger partial charge in [0.05, 0.1) is 5.41 Å². The van der Waals surface area contributed by atoms with Crippen molar-refractivity contribution in [2.24, 2.45) is 5.41 Å². The van der Waals surface area contributed by atoms with E-state index in [0.29, 0.717) is 0 Å². The number of carbonyl (C=O) groups excluding carboxylic acids is 1. The van der Waals surface area contributed by atoms with Gasteiger partial charge in [0.15, 0.2) is 0 Å². The molecule has 1 rings (SSSR count). The first-order valence-corrected chi connectivity index (χ1v) is 6.42. The first kappa shape index (κ1) is 16.0. The standard InChI is InChI=1S/C15H21NO4/c1-10-5-6-11(2)12(7-10)20-9-15(3,4)14(19)16-8-13(17)18/h5-7H,8-9H2,1-4H3,(H,16,19)(H,17,18). The minimum atomic E-state index is -1.07. The number of carboxylic acids is 1. The number of carboxylic acid groups (broad SMARTS) is 1. The molecule has 5 heteroatoms. The first-order valence-electron chi connectivity index (χ1n) is 6.42. The summed E-state index contributed by atoms with van der Waals surface area (Å²) in [4.78, 5) is 22.3. The summed E-state index contributed by atoms with van der Waals surface area (Å²) in [5.41, 5.74) is 1.28. The Balaban J connectivity index is 2.64. The highest BCUT2D eigenvalue weighted by Gasteiger charge is 2.29. The van der Waals surface area contributed by atoms with Crippen LogP contribution < -0.4 is 10.1 Å². The average molecular weight is 279 g/mol. The number of hydrogen-bond acceptors (Lipinski definition) is 3. The van der Waals surface area contributed by atoms with E-state index in [-0.39, 0.29) is 19.1 Å². The van der Waals surface area contributed by atoms with Gasteiger partial charge in [0.25, 0.3) is 0 Å². The smallest absolute Gasteiger partial charge is 0.322 e. The van der Waals surface area contributed by atoms with Crippen LogP contribution >= 0.6 is 0 Å². The fourth-order valence-electron chi connectivity index (χ4n) is 1.58. The zero-order valence-corrected chi connectivity index (χ0v) is 12.3. The summed E-state index contributed by atoms with van der Waals surface area (Å²) in [7, 11) is 0. The van der Waals surface area contributed by atoms with E-state index >= 15 is 0 Å². The molecule has 0 saturated heterocycles. The number of carbonyl (C=O) groups is 2. The largest absolute Gasteiger partial charge is 0.492 e. The second kappa shape index (κ2) is 6.41. The van der Waals surface area contributed by atoms with Crippen LogP contribution in [-0.4, -0.2) is 30.1 Å². The lowest BCUT2D eigenvalue weighted by Gasteiger charge is -2.24. The van der Waals surface area contributed by atoms with Crippen molar-refractivity contribution in [3.63, 3.8) is 0 Å². The third kappa shape index (κ3) is 4.57. The molecule has 20 heavy (non-hydrogen) atoms. The zero-order valence-electron chi connectivity index (χ0n) is 12.3. The molecule has 1 aromatic rings. The Hall–Kier alpha value is -2.04. The van der Waals surface area contributed by atoms with Crippen molar-refractivity contribution in [2.75, 3.05) is 13.2 Å². The number of nitrogens with one attached hydrogen (secondary N) is 1. The minimum Gasteiger partial charge on any atom is -0.492 e. The van der Waals surface area contributed by atoms with Crippen LogP contribution in [0.3, 0.4) is 0 Å². The second-order valence-electron chi connectivity index (χ2n) is 5.52. The van der Waals surface area contributed by atoms with E-state index in [1.165, 1.54) is 0 Å². The molecule has 0 bridgehead atoms. The highest BCUT2D eigenvalue weighted by molar-refractivity contribution is 5.85. The van der Waals surface area contributed by atoms with E-state index < -0.39 is 11.4 Å². The monoisotopic (exact) mass is 279 g/mol. The highest BCUT2D eigenvalue weighted by atomic mass is 16.5. The number of aryl methyl sites for hydroxylation is 2. The quantitative estimate of drug-likeness (QED) is 0.834. The van der Waals surface area contributed by atoms with E-state index in [9.17, 15) is 9.59 Å². The molecule has 0 atom stereocenters. The summed E-state index contributed by atoms with van der Waals surface area (Å²) in [6.45, 7) is 7.14. The van der Waals surface area contributed by atoms with Gasteiger partial charge in [-0.3, -0.25) is 9.59 Å². The SMILES string of the molecule is Cc1ccc(C)c(OCC(C)(C)C(=O)NCC(=O)O)c1. The predicted molar refractivity (Wildman–Crippen MR) is 75.8 cm³/mol. The predicted octanol–water partition coefficient (Wildman–Crippen LogP) is 1.91. The van der Waals surface area contributed by atoms with Crippen LogP contribution in [0.2, 0.25) is 0 Å². The number of benzene rings is 1. The highest BCUT2D eigenvalue weighted by Crippen LogP contribution is 2.23. The fourth-order valence-corrected chi connectivity index (χ4v) is 1.58. The van der Waals surface area contributed by atoms with Crippen molar-refractivity contribution in [1.82, 2.24) is 5.32 Å². The molecule has 0 spiro atoms. The van der Waals surface area contributed by atoms with Crippen molar-refractivity contribution in [2.45, 2.75) is 27.7 Å². The van der Waals surface area contributed by atoms with Crippen LogP contribution in [0, 0.1) is 19.3 Å². The number of amides is 1. The van der Waals surface area contributed by atoms with Crippen molar-refractivity contribution in [3.8, 4) is 5.75 Å². The van der Waals surface area contributed by atoms with Gasteiger partial charge in [-0.15, -0.1) is 0 Å². The maximum Gasteiger partial charge on any atom is 0.322 e. The molecule has 0 aromatic heterocycles. The van der Waals surface area contributed by atoms with Gasteiger partial charge in [-0.25, -0.2) is 0 Å². The molecule has 0 fully saturated rings. The van der Waals surface area contributed by atoms with Crippen LogP contribution in [0.25, 0.3) is 0 Å². The molecular weight excluding hydrogens is 258 g/mol. The molecule has 1 aromatic carbocycles. The van der Waals surface area contributed by atoms with E-state index in [1.54, 1.807) is 13.8 Å². The first-order chi connectivity index (χ1) is 9.22. The van der Waals surface area contributed by atoms with Crippen LogP contribution in [0.4, 0.5) is 0 Å². The molecule has 0 aliphatic heterocycles. The topological polar surface area (TPSA) is 75.6 Å². The summed E-state index contributed by atoms with van der Waals surface area (Å²) < 4.78 is 5.70. The number of aliphatic carboxylic acids is 1. The lowest BCUT2D eigenvalue weighted by Crippen LogP contribution is -2.42. The molecule has 0 aliphatic rings. The maximum atomic E-state index is 11.9. The van der Waals surface area contributed by atoms with Crippen molar-refractivity contribution in [3.05, 3.63) is 29.3 Å². The van der Waals surface area contributed by atoms with Crippen molar-refractivity contribution in [1.29, 1.82) is 0 Å². The van der Waals surface area contributed by atoms with Crippen molar-refractivity contribution < 1.29 is 19.4 Å². The van der Waals surface area contributed by atoms with Gasteiger partial charge in [-0.1, -0.05) is 12.1 Å². The summed E-state index contributed by atoms with van der Waals surface area (Å²) in [5, 5.41) is 10.9. The van der Waals surface area contributed by atoms with Crippen LogP contribution in [0.5, 0.6) is 5.75 Å². The summed E-state index contributed by atoms with van der Waals surface area (Å²) in [6, 6.07) is 5.87. The van der Waals surface area contributed by atoms with Crippen LogP contribution in [-0.2, 0) is 9.59 Å². The van der Waals surface area contributed by atoms with E-state index in [1.807, 2.05) is 32.0 Å². The number of hydrogen-bond donors (Lipinski definition) is 2. The van der Waals surface area contributed by atoms with Crippen LogP contribution in [0.15, 0.2) is 18.2 Å². The van der Waals surface area contributed by atoms with Crippen molar-refractivity contribution >= 4 is 11.9 Å². The molecule has 1 amide bonds. The lowest BCUT2D eigenvalue weighted by molar-refractivity contribution is -0.140. The minimum absolute atomic E-state index is 0.183. The van der Waals surface area contributed by atoms with E-state index in [2.05, 4.69) is 5.32 Å². The number of ether oxygens (including phenoxy) is 1. The Morgan fingerprint density at radius 2 is 1.95 bits per heavy atom. The van der Waals surface area contributed by atoms with Gasteiger partial charge in [0.2, 0.25) is 5.91 Å². The maximum absolute atomic E-state index is 11.9. The molecule has 5 nitrogen and oxygen atoms in total. The molecular formula is C15H21NO4. The van der Waals surface area contributed by atoms with E-state index in [4.69, 9.17) is 9.84 Å². The van der Waals surface area contributed by atoms with Gasteiger partial charge < -0.3 is 15.2 Å². The average Bonchev–Trinajstić information content (AvgIpc) is 2.37. The van der Waals surface area contributed by atoms with Gasteiger partial charge in [0.1, 0.15) is 18.9 Å². The van der Waals surface area contributed by atoms with Gasteiger partial charge in [0, 0.05) is 0 Å². The summed E-state index contributed by atoms with van der Waals surface area (Å²) in [6.07, 6.45) is 0. The molecule has 0 aliphatic carbocycles. The Labute approximate surface area is 118 Å². The van der Waals surface area contributed by atoms with Gasteiger partial charge in [-0.05, 0) is 44.9 Å². The lowest BCUT2D eigenvalue weighted by atomic mass is 9.93. The molecule has 0 saturated carbocycles. The third-order valence-corrected chi connectivity index (χ3v) is 2.95. The molecule has 2 N–H and O–H groups in total. The Kier molecular flexibility index (Phi) is 5.13. The second-order valence-corrected chi connectivity index (χ2v) is 5.52. The molecule has 110 valence electrons. The fraction of sp³-hybridized carbons (Fsp3) is 0.467. The summed E-state index contributed by atoms with van der Waals surface area (Å²) in [5.74, 6) is -0.668.